The fourth-order valence-corrected chi connectivity index (χ4v) is 1.97. The molecule has 0 spiro atoms. The van der Waals surface area contributed by atoms with Crippen LogP contribution in [0.5, 0.6) is 0 Å². The van der Waals surface area contributed by atoms with Gasteiger partial charge in [-0.05, 0) is 31.5 Å². The van der Waals surface area contributed by atoms with E-state index in [1.165, 1.54) is 12.1 Å². The lowest BCUT2D eigenvalue weighted by molar-refractivity contribution is -0.384. The Morgan fingerprint density at radius 1 is 1.53 bits per heavy atom. The smallest absolute Gasteiger partial charge is 0.295 e. The van der Waals surface area contributed by atoms with Crippen LogP contribution in [-0.2, 0) is 0 Å². The Balaban J connectivity index is 2.16. The largest absolute Gasteiger partial charge is 0.375 e. The highest BCUT2D eigenvalue weighted by molar-refractivity contribution is 5.61. The number of anilines is 1. The highest BCUT2D eigenvalue weighted by atomic mass is 19.1. The second kappa shape index (κ2) is 5.09. The summed E-state index contributed by atoms with van der Waals surface area (Å²) < 4.78 is 12.9. The Morgan fingerprint density at radius 2 is 2.35 bits per heavy atom. The van der Waals surface area contributed by atoms with E-state index in [1.54, 1.807) is 0 Å². The first-order chi connectivity index (χ1) is 8.16. The molecule has 1 heterocycles. The third kappa shape index (κ3) is 2.91. The van der Waals surface area contributed by atoms with Crippen molar-refractivity contribution in [2.75, 3.05) is 18.4 Å². The number of hydrogen-bond acceptors (Lipinski definition) is 4. The second-order valence-corrected chi connectivity index (χ2v) is 4.11. The first kappa shape index (κ1) is 11.8. The summed E-state index contributed by atoms with van der Waals surface area (Å²) in [4.78, 5) is 10.2. The Kier molecular flexibility index (Phi) is 3.53. The van der Waals surface area contributed by atoms with Gasteiger partial charge >= 0.3 is 0 Å². The van der Waals surface area contributed by atoms with Crippen LogP contribution in [-0.4, -0.2) is 24.1 Å². The van der Waals surface area contributed by atoms with Gasteiger partial charge in [0.25, 0.3) is 5.69 Å². The van der Waals surface area contributed by atoms with Crippen molar-refractivity contribution in [3.8, 4) is 0 Å². The van der Waals surface area contributed by atoms with Gasteiger partial charge in [0.15, 0.2) is 0 Å². The number of halogens is 1. The Bertz CT molecular complexity index is 419. The first-order valence-corrected chi connectivity index (χ1v) is 5.58. The fraction of sp³-hybridized carbons (Fsp3) is 0.455. The summed E-state index contributed by atoms with van der Waals surface area (Å²) in [6.07, 6.45) is 1.99. The summed E-state index contributed by atoms with van der Waals surface area (Å²) in [7, 11) is 0. The van der Waals surface area contributed by atoms with Gasteiger partial charge in [-0.2, -0.15) is 0 Å². The van der Waals surface area contributed by atoms with Gasteiger partial charge in [0.2, 0.25) is 0 Å². The predicted molar refractivity (Wildman–Crippen MR) is 62.6 cm³/mol. The van der Waals surface area contributed by atoms with Gasteiger partial charge in [-0.15, -0.1) is 0 Å². The van der Waals surface area contributed by atoms with Crippen molar-refractivity contribution in [1.29, 1.82) is 0 Å². The molecule has 6 heteroatoms. The SMILES string of the molecule is O=[N+]([O-])c1cc(F)ccc1NC1CCCNC1. The van der Waals surface area contributed by atoms with Crippen LogP contribution < -0.4 is 10.6 Å². The molecular weight excluding hydrogens is 225 g/mol. The minimum absolute atomic E-state index is 0.160. The number of nitro benzene ring substituents is 1. The number of nitrogens with zero attached hydrogens (tertiary/aromatic N) is 1. The molecule has 1 saturated heterocycles. The molecule has 1 atom stereocenters. The highest BCUT2D eigenvalue weighted by Gasteiger charge is 2.19. The third-order valence-corrected chi connectivity index (χ3v) is 2.81. The molecule has 0 aromatic heterocycles. The van der Waals surface area contributed by atoms with Crippen LogP contribution in [0.25, 0.3) is 0 Å². The molecule has 1 aliphatic rings. The van der Waals surface area contributed by atoms with Crippen LogP contribution in [0.1, 0.15) is 12.8 Å². The molecule has 1 fully saturated rings. The van der Waals surface area contributed by atoms with E-state index in [0.717, 1.165) is 32.0 Å². The standard InChI is InChI=1S/C11H14FN3O2/c12-8-3-4-10(11(6-8)15(16)17)14-9-2-1-5-13-7-9/h3-4,6,9,13-14H,1-2,5,7H2. The van der Waals surface area contributed by atoms with Crippen molar-refractivity contribution in [3.63, 3.8) is 0 Å². The molecule has 0 radical (unpaired) electrons. The maximum absolute atomic E-state index is 12.9. The Hall–Kier alpha value is -1.69. The molecule has 0 bridgehead atoms. The molecular formula is C11H14FN3O2. The number of nitrogens with one attached hydrogen (secondary N) is 2. The van der Waals surface area contributed by atoms with Crippen molar-refractivity contribution in [2.45, 2.75) is 18.9 Å². The molecule has 0 amide bonds. The summed E-state index contributed by atoms with van der Waals surface area (Å²) in [6.45, 7) is 1.75. The van der Waals surface area contributed by atoms with Crippen molar-refractivity contribution in [3.05, 3.63) is 34.1 Å². The number of benzene rings is 1. The normalized spacial score (nSPS) is 19.9. The highest BCUT2D eigenvalue weighted by Crippen LogP contribution is 2.26. The van der Waals surface area contributed by atoms with Crippen LogP contribution in [0.3, 0.4) is 0 Å². The predicted octanol–water partition coefficient (Wildman–Crippen LogP) is 1.90. The summed E-state index contributed by atoms with van der Waals surface area (Å²) in [5, 5.41) is 17.1. The van der Waals surface area contributed by atoms with Gasteiger partial charge in [0, 0.05) is 12.6 Å². The van der Waals surface area contributed by atoms with E-state index in [1.807, 2.05) is 0 Å². The molecule has 0 aliphatic carbocycles. The zero-order valence-electron chi connectivity index (χ0n) is 9.28. The molecule has 1 unspecified atom stereocenters. The third-order valence-electron chi connectivity index (χ3n) is 2.81. The topological polar surface area (TPSA) is 67.2 Å². The minimum atomic E-state index is -0.594. The molecule has 17 heavy (non-hydrogen) atoms. The van der Waals surface area contributed by atoms with Crippen LogP contribution in [0, 0.1) is 15.9 Å². The lowest BCUT2D eigenvalue weighted by Gasteiger charge is -2.24. The van der Waals surface area contributed by atoms with Gasteiger partial charge in [-0.1, -0.05) is 0 Å². The number of nitro groups is 1. The number of hydrogen-bond donors (Lipinski definition) is 2. The first-order valence-electron chi connectivity index (χ1n) is 5.58. The summed E-state index contributed by atoms with van der Waals surface area (Å²) in [5.74, 6) is -0.594. The maximum atomic E-state index is 12.9. The molecule has 1 aliphatic heterocycles. The maximum Gasteiger partial charge on any atom is 0.295 e. The van der Waals surface area contributed by atoms with E-state index in [2.05, 4.69) is 10.6 Å². The van der Waals surface area contributed by atoms with Gasteiger partial charge in [-0.25, -0.2) is 4.39 Å². The zero-order valence-corrected chi connectivity index (χ0v) is 9.28. The van der Waals surface area contributed by atoms with E-state index in [0.29, 0.717) is 5.69 Å². The molecule has 0 saturated carbocycles. The zero-order chi connectivity index (χ0) is 12.3. The lowest BCUT2D eigenvalue weighted by Crippen LogP contribution is -2.38. The molecule has 1 aromatic carbocycles. The number of piperidine rings is 1. The van der Waals surface area contributed by atoms with Gasteiger partial charge in [0.1, 0.15) is 11.5 Å². The van der Waals surface area contributed by atoms with Gasteiger partial charge in [-0.3, -0.25) is 10.1 Å². The van der Waals surface area contributed by atoms with Crippen LogP contribution in [0.4, 0.5) is 15.8 Å². The van der Waals surface area contributed by atoms with Crippen molar-refractivity contribution < 1.29 is 9.31 Å². The van der Waals surface area contributed by atoms with Crippen LogP contribution in [0.2, 0.25) is 0 Å². The van der Waals surface area contributed by atoms with E-state index >= 15 is 0 Å². The van der Waals surface area contributed by atoms with Crippen LogP contribution >= 0.6 is 0 Å². The number of rotatable bonds is 3. The summed E-state index contributed by atoms with van der Waals surface area (Å²) in [6, 6.07) is 3.75. The van der Waals surface area contributed by atoms with Gasteiger partial charge < -0.3 is 10.6 Å². The van der Waals surface area contributed by atoms with E-state index in [4.69, 9.17) is 0 Å². The molecule has 92 valence electrons. The van der Waals surface area contributed by atoms with Crippen LogP contribution in [0.15, 0.2) is 18.2 Å². The van der Waals surface area contributed by atoms with E-state index in [-0.39, 0.29) is 11.7 Å². The minimum Gasteiger partial charge on any atom is -0.375 e. The van der Waals surface area contributed by atoms with Crippen molar-refractivity contribution in [1.82, 2.24) is 5.32 Å². The van der Waals surface area contributed by atoms with Crippen molar-refractivity contribution >= 4 is 11.4 Å². The summed E-state index contributed by atoms with van der Waals surface area (Å²) in [5.41, 5.74) is 0.167. The second-order valence-electron chi connectivity index (χ2n) is 4.11. The van der Waals surface area contributed by atoms with E-state index < -0.39 is 10.7 Å². The average molecular weight is 239 g/mol. The lowest BCUT2D eigenvalue weighted by atomic mass is 10.1. The fourth-order valence-electron chi connectivity index (χ4n) is 1.97. The Labute approximate surface area is 98.2 Å². The molecule has 2 N–H and O–H groups in total. The quantitative estimate of drug-likeness (QED) is 0.624. The molecule has 1 aromatic rings. The molecule has 2 rings (SSSR count). The van der Waals surface area contributed by atoms with E-state index in [9.17, 15) is 14.5 Å². The van der Waals surface area contributed by atoms with Gasteiger partial charge in [0.05, 0.1) is 11.0 Å². The molecule has 5 nitrogen and oxygen atoms in total. The monoisotopic (exact) mass is 239 g/mol. The average Bonchev–Trinajstić information content (AvgIpc) is 2.32. The summed E-state index contributed by atoms with van der Waals surface area (Å²) >= 11 is 0. The van der Waals surface area contributed by atoms with Crippen molar-refractivity contribution in [2.24, 2.45) is 0 Å². The Morgan fingerprint density at radius 3 is 3.00 bits per heavy atom.